The summed E-state index contributed by atoms with van der Waals surface area (Å²) in [4.78, 5) is 28.2. The lowest BCUT2D eigenvalue weighted by molar-refractivity contribution is -0.134. The van der Waals surface area contributed by atoms with E-state index >= 15 is 0 Å². The Kier molecular flexibility index (Phi) is 4.05. The highest BCUT2D eigenvalue weighted by Gasteiger charge is 2.28. The summed E-state index contributed by atoms with van der Waals surface area (Å²) in [5.41, 5.74) is 0.554. The van der Waals surface area contributed by atoms with Crippen molar-refractivity contribution in [3.63, 3.8) is 0 Å². The number of rotatable bonds is 2. The maximum absolute atomic E-state index is 11.7. The third-order valence-corrected chi connectivity index (χ3v) is 2.80. The zero-order valence-electron chi connectivity index (χ0n) is 10.7. The summed E-state index contributed by atoms with van der Waals surface area (Å²) in [6.07, 6.45) is 1.13. The first kappa shape index (κ1) is 14.1. The Morgan fingerprint density at radius 1 is 1.30 bits per heavy atom. The normalized spacial score (nSPS) is 14.9. The Bertz CT molecular complexity index is 636. The van der Waals surface area contributed by atoms with Gasteiger partial charge in [0.25, 0.3) is 0 Å². The van der Waals surface area contributed by atoms with Crippen molar-refractivity contribution in [1.82, 2.24) is 0 Å². The Morgan fingerprint density at radius 2 is 2.05 bits per heavy atom. The lowest BCUT2D eigenvalue weighted by Crippen LogP contribution is -2.22. The molecule has 0 unspecified atom stereocenters. The molecule has 0 saturated heterocycles. The molecule has 0 aromatic heterocycles. The van der Waals surface area contributed by atoms with Gasteiger partial charge in [-0.15, -0.1) is 0 Å². The van der Waals surface area contributed by atoms with E-state index in [1.165, 1.54) is 14.2 Å². The van der Waals surface area contributed by atoms with Crippen LogP contribution in [0.5, 0.6) is 5.75 Å². The van der Waals surface area contributed by atoms with Gasteiger partial charge in [0.15, 0.2) is 11.5 Å². The van der Waals surface area contributed by atoms with Gasteiger partial charge in [-0.1, -0.05) is 16.8 Å². The van der Waals surface area contributed by atoms with E-state index in [0.717, 1.165) is 6.08 Å². The van der Waals surface area contributed by atoms with E-state index in [4.69, 9.17) is 16.4 Å². The Balaban J connectivity index is 2.58. The fourth-order valence-corrected chi connectivity index (χ4v) is 1.80. The standard InChI is InChI=1S/C13H10ClNO5/c1-18-11(16)6-9-8-5-7(14)3-4-10(8)20-15-12(9)13(17)19-2/h3-6H,1-2H3/b9-6-. The monoisotopic (exact) mass is 295 g/mol. The van der Waals surface area contributed by atoms with Gasteiger partial charge >= 0.3 is 11.9 Å². The SMILES string of the molecule is COC(=O)/C=C1\C(C(=O)OC)=NOc2ccc(Cl)cc21. The molecule has 7 heteroatoms. The fourth-order valence-electron chi connectivity index (χ4n) is 1.63. The molecule has 0 N–H and O–H groups in total. The van der Waals surface area contributed by atoms with Crippen LogP contribution in [0.25, 0.3) is 5.57 Å². The molecule has 0 bridgehead atoms. The number of hydrogen-bond donors (Lipinski definition) is 0. The van der Waals surface area contributed by atoms with Gasteiger partial charge in [0, 0.05) is 22.2 Å². The zero-order chi connectivity index (χ0) is 14.7. The second-order valence-corrected chi connectivity index (χ2v) is 4.18. The van der Waals surface area contributed by atoms with Crippen LogP contribution in [0.2, 0.25) is 5.02 Å². The van der Waals surface area contributed by atoms with Gasteiger partial charge in [-0.25, -0.2) is 9.59 Å². The summed E-state index contributed by atoms with van der Waals surface area (Å²) in [7, 11) is 2.43. The molecular weight excluding hydrogens is 286 g/mol. The second-order valence-electron chi connectivity index (χ2n) is 3.74. The van der Waals surface area contributed by atoms with Crippen molar-refractivity contribution in [2.24, 2.45) is 5.16 Å². The van der Waals surface area contributed by atoms with E-state index in [1.807, 2.05) is 0 Å². The second kappa shape index (κ2) is 5.75. The van der Waals surface area contributed by atoms with Crippen LogP contribution in [0, 0.1) is 0 Å². The number of ether oxygens (including phenoxy) is 2. The predicted molar refractivity (Wildman–Crippen MR) is 71.5 cm³/mol. The van der Waals surface area contributed by atoms with Crippen molar-refractivity contribution in [3.05, 3.63) is 34.9 Å². The van der Waals surface area contributed by atoms with Gasteiger partial charge in [-0.3, -0.25) is 0 Å². The highest BCUT2D eigenvalue weighted by molar-refractivity contribution is 6.55. The summed E-state index contributed by atoms with van der Waals surface area (Å²) >= 11 is 5.92. The van der Waals surface area contributed by atoms with E-state index in [9.17, 15) is 9.59 Å². The number of carbonyl (C=O) groups excluding carboxylic acids is 2. The van der Waals surface area contributed by atoms with Gasteiger partial charge in [-0.05, 0) is 18.2 Å². The first-order chi connectivity index (χ1) is 9.56. The van der Waals surface area contributed by atoms with Crippen molar-refractivity contribution < 1.29 is 23.9 Å². The average molecular weight is 296 g/mol. The Labute approximate surface area is 119 Å². The number of halogens is 1. The summed E-state index contributed by atoms with van der Waals surface area (Å²) < 4.78 is 9.17. The molecule has 0 saturated carbocycles. The van der Waals surface area contributed by atoms with Gasteiger partial charge in [-0.2, -0.15) is 0 Å². The van der Waals surface area contributed by atoms with Crippen LogP contribution in [0.4, 0.5) is 0 Å². The van der Waals surface area contributed by atoms with Crippen molar-refractivity contribution >= 4 is 34.8 Å². The fraction of sp³-hybridized carbons (Fsp3) is 0.154. The van der Waals surface area contributed by atoms with Crippen molar-refractivity contribution in [1.29, 1.82) is 0 Å². The minimum Gasteiger partial charge on any atom is -0.466 e. The van der Waals surface area contributed by atoms with Crippen LogP contribution in [0.1, 0.15) is 5.56 Å². The van der Waals surface area contributed by atoms with Crippen LogP contribution in [-0.4, -0.2) is 31.9 Å². The third-order valence-electron chi connectivity index (χ3n) is 2.56. The lowest BCUT2D eigenvalue weighted by Gasteiger charge is -2.17. The van der Waals surface area contributed by atoms with Gasteiger partial charge < -0.3 is 14.3 Å². The van der Waals surface area contributed by atoms with E-state index in [1.54, 1.807) is 18.2 Å². The van der Waals surface area contributed by atoms with Crippen LogP contribution >= 0.6 is 11.6 Å². The van der Waals surface area contributed by atoms with Gasteiger partial charge in [0.2, 0.25) is 0 Å². The maximum atomic E-state index is 11.7. The number of benzene rings is 1. The number of hydrogen-bond acceptors (Lipinski definition) is 6. The summed E-state index contributed by atoms with van der Waals surface area (Å²) in [5, 5.41) is 4.09. The molecule has 6 nitrogen and oxygen atoms in total. The Hall–Kier alpha value is -2.34. The quantitative estimate of drug-likeness (QED) is 0.614. The first-order valence-corrected chi connectivity index (χ1v) is 5.88. The highest BCUT2D eigenvalue weighted by atomic mass is 35.5. The molecule has 20 heavy (non-hydrogen) atoms. The molecule has 104 valence electrons. The molecule has 1 heterocycles. The number of oxime groups is 1. The summed E-state index contributed by atoms with van der Waals surface area (Å²) in [6, 6.07) is 4.75. The van der Waals surface area contributed by atoms with Gasteiger partial charge in [0.05, 0.1) is 14.2 Å². The summed E-state index contributed by atoms with van der Waals surface area (Å²) in [5.74, 6) is -0.993. The van der Waals surface area contributed by atoms with Crippen molar-refractivity contribution in [2.75, 3.05) is 14.2 Å². The molecular formula is C13H10ClNO5. The van der Waals surface area contributed by atoms with Crippen LogP contribution < -0.4 is 4.84 Å². The predicted octanol–water partition coefficient (Wildman–Crippen LogP) is 1.82. The summed E-state index contributed by atoms with van der Waals surface area (Å²) in [6.45, 7) is 0. The molecule has 0 fully saturated rings. The van der Waals surface area contributed by atoms with Gasteiger partial charge in [0.1, 0.15) is 0 Å². The largest absolute Gasteiger partial charge is 0.466 e. The number of esters is 2. The van der Waals surface area contributed by atoms with Crippen LogP contribution in [0.3, 0.4) is 0 Å². The number of methoxy groups -OCH3 is 2. The van der Waals surface area contributed by atoms with E-state index in [-0.39, 0.29) is 11.3 Å². The minimum atomic E-state index is -0.731. The Morgan fingerprint density at radius 3 is 2.70 bits per heavy atom. The van der Waals surface area contributed by atoms with E-state index in [0.29, 0.717) is 16.3 Å². The molecule has 1 aromatic carbocycles. The van der Waals surface area contributed by atoms with E-state index in [2.05, 4.69) is 14.6 Å². The molecule has 0 radical (unpaired) electrons. The third kappa shape index (κ3) is 2.65. The topological polar surface area (TPSA) is 74.2 Å². The molecule has 1 aromatic rings. The highest BCUT2D eigenvalue weighted by Crippen LogP contribution is 2.33. The van der Waals surface area contributed by atoms with Crippen LogP contribution in [-0.2, 0) is 19.1 Å². The van der Waals surface area contributed by atoms with Crippen molar-refractivity contribution in [2.45, 2.75) is 0 Å². The number of carbonyl (C=O) groups is 2. The maximum Gasteiger partial charge on any atom is 0.360 e. The number of fused-ring (bicyclic) bond motifs is 1. The zero-order valence-corrected chi connectivity index (χ0v) is 11.4. The smallest absolute Gasteiger partial charge is 0.360 e. The molecule has 0 atom stereocenters. The number of nitrogens with zero attached hydrogens (tertiary/aromatic N) is 1. The van der Waals surface area contributed by atoms with Crippen LogP contribution in [0.15, 0.2) is 29.4 Å². The minimum absolute atomic E-state index is 0.132. The molecule has 1 aliphatic rings. The van der Waals surface area contributed by atoms with E-state index < -0.39 is 11.9 Å². The lowest BCUT2D eigenvalue weighted by atomic mass is 9.99. The molecule has 0 aliphatic carbocycles. The molecule has 0 spiro atoms. The first-order valence-electron chi connectivity index (χ1n) is 5.50. The average Bonchev–Trinajstić information content (AvgIpc) is 2.46. The van der Waals surface area contributed by atoms with Crippen molar-refractivity contribution in [3.8, 4) is 5.75 Å². The molecule has 0 amide bonds. The molecule has 1 aliphatic heterocycles. The molecule has 2 rings (SSSR count).